The summed E-state index contributed by atoms with van der Waals surface area (Å²) in [4.78, 5) is 10.9. The second kappa shape index (κ2) is 3.14. The number of nitrogens with two attached hydrogens (primary N) is 1. The van der Waals surface area contributed by atoms with E-state index in [-0.39, 0.29) is 5.69 Å². The first-order chi connectivity index (χ1) is 6.61. The van der Waals surface area contributed by atoms with Crippen LogP contribution in [0.15, 0.2) is 22.4 Å². The second-order valence-electron chi connectivity index (χ2n) is 2.75. The van der Waals surface area contributed by atoms with Crippen LogP contribution in [0.1, 0.15) is 0 Å². The van der Waals surface area contributed by atoms with Gasteiger partial charge < -0.3 is 5.73 Å². The Morgan fingerprint density at radius 2 is 2.21 bits per heavy atom. The van der Waals surface area contributed by atoms with E-state index in [9.17, 15) is 10.1 Å². The summed E-state index contributed by atoms with van der Waals surface area (Å²) >= 11 is 5.41. The SMILES string of the molecule is Nc1c(S)ccc2c([N+](=O)[O-])csc12. The van der Waals surface area contributed by atoms with Crippen LogP contribution in [0.4, 0.5) is 11.4 Å². The molecule has 0 bridgehead atoms. The van der Waals surface area contributed by atoms with Crippen LogP contribution < -0.4 is 5.73 Å². The lowest BCUT2D eigenvalue weighted by molar-refractivity contribution is -0.382. The molecule has 0 spiro atoms. The van der Waals surface area contributed by atoms with Crippen molar-refractivity contribution in [3.05, 3.63) is 27.6 Å². The van der Waals surface area contributed by atoms with Gasteiger partial charge in [-0.05, 0) is 12.1 Å². The number of hydrogen-bond donors (Lipinski definition) is 2. The quantitative estimate of drug-likeness (QED) is 0.340. The van der Waals surface area contributed by atoms with Crippen LogP contribution in [0.3, 0.4) is 0 Å². The molecule has 4 nitrogen and oxygen atoms in total. The van der Waals surface area contributed by atoms with E-state index in [2.05, 4.69) is 12.6 Å². The van der Waals surface area contributed by atoms with Crippen LogP contribution in [-0.2, 0) is 0 Å². The molecule has 72 valence electrons. The van der Waals surface area contributed by atoms with E-state index in [1.54, 1.807) is 12.1 Å². The third kappa shape index (κ3) is 1.23. The van der Waals surface area contributed by atoms with Crippen molar-refractivity contribution in [2.75, 3.05) is 5.73 Å². The van der Waals surface area contributed by atoms with Gasteiger partial charge in [0.15, 0.2) is 0 Å². The van der Waals surface area contributed by atoms with E-state index >= 15 is 0 Å². The number of nitrogen functional groups attached to an aromatic ring is 1. The van der Waals surface area contributed by atoms with Crippen molar-refractivity contribution in [2.24, 2.45) is 0 Å². The topological polar surface area (TPSA) is 69.2 Å². The summed E-state index contributed by atoms with van der Waals surface area (Å²) in [5.74, 6) is 0. The molecule has 2 aromatic rings. The van der Waals surface area contributed by atoms with Crippen LogP contribution in [0.2, 0.25) is 0 Å². The first kappa shape index (κ1) is 9.29. The molecule has 14 heavy (non-hydrogen) atoms. The van der Waals surface area contributed by atoms with Crippen molar-refractivity contribution in [3.8, 4) is 0 Å². The average molecular weight is 226 g/mol. The summed E-state index contributed by atoms with van der Waals surface area (Å²) in [6.45, 7) is 0. The minimum absolute atomic E-state index is 0.102. The number of rotatable bonds is 1. The highest BCUT2D eigenvalue weighted by molar-refractivity contribution is 7.80. The molecule has 2 rings (SSSR count). The molecule has 1 aromatic heterocycles. The minimum Gasteiger partial charge on any atom is -0.397 e. The number of fused-ring (bicyclic) bond motifs is 1. The van der Waals surface area contributed by atoms with Crippen molar-refractivity contribution >= 4 is 45.4 Å². The molecular formula is C8H6N2O2S2. The molecule has 1 heterocycles. The number of thiol groups is 1. The van der Waals surface area contributed by atoms with Gasteiger partial charge in [-0.1, -0.05) is 0 Å². The Labute approximate surface area is 88.9 Å². The van der Waals surface area contributed by atoms with Crippen LogP contribution in [0.25, 0.3) is 10.1 Å². The number of hydrogen-bond acceptors (Lipinski definition) is 5. The van der Waals surface area contributed by atoms with E-state index in [0.717, 1.165) is 4.70 Å². The molecule has 0 atom stereocenters. The Bertz CT molecular complexity index is 521. The second-order valence-corrected chi connectivity index (χ2v) is 4.11. The maximum absolute atomic E-state index is 10.6. The molecule has 0 fully saturated rings. The molecule has 0 radical (unpaired) electrons. The fraction of sp³-hybridized carbons (Fsp3) is 0. The molecular weight excluding hydrogens is 220 g/mol. The molecule has 0 aliphatic carbocycles. The number of benzene rings is 1. The van der Waals surface area contributed by atoms with Crippen molar-refractivity contribution < 1.29 is 4.92 Å². The Hall–Kier alpha value is -1.27. The van der Waals surface area contributed by atoms with Gasteiger partial charge in [0.2, 0.25) is 0 Å². The van der Waals surface area contributed by atoms with E-state index < -0.39 is 4.92 Å². The molecule has 0 amide bonds. The number of nitro groups is 1. The van der Waals surface area contributed by atoms with Crippen LogP contribution in [-0.4, -0.2) is 4.92 Å². The highest BCUT2D eigenvalue weighted by Crippen LogP contribution is 2.37. The van der Waals surface area contributed by atoms with Crippen molar-refractivity contribution in [3.63, 3.8) is 0 Å². The molecule has 0 aliphatic rings. The summed E-state index contributed by atoms with van der Waals surface area (Å²) in [5, 5.41) is 12.7. The summed E-state index contributed by atoms with van der Waals surface area (Å²) < 4.78 is 0.726. The van der Waals surface area contributed by atoms with E-state index in [4.69, 9.17) is 5.73 Å². The fourth-order valence-electron chi connectivity index (χ4n) is 1.24. The Kier molecular flexibility index (Phi) is 2.09. The zero-order valence-corrected chi connectivity index (χ0v) is 8.64. The van der Waals surface area contributed by atoms with Crippen LogP contribution in [0, 0.1) is 10.1 Å². The third-order valence-electron chi connectivity index (χ3n) is 1.93. The van der Waals surface area contributed by atoms with Gasteiger partial charge in [-0.2, -0.15) is 0 Å². The van der Waals surface area contributed by atoms with E-state index in [0.29, 0.717) is 16.0 Å². The first-order valence-electron chi connectivity index (χ1n) is 3.74. The lowest BCUT2D eigenvalue weighted by atomic mass is 10.2. The van der Waals surface area contributed by atoms with E-state index in [1.165, 1.54) is 16.7 Å². The Balaban J connectivity index is 2.83. The highest BCUT2D eigenvalue weighted by Gasteiger charge is 2.16. The molecule has 6 heteroatoms. The third-order valence-corrected chi connectivity index (χ3v) is 3.34. The van der Waals surface area contributed by atoms with Gasteiger partial charge in [-0.15, -0.1) is 24.0 Å². The number of thiophene rings is 1. The minimum atomic E-state index is -0.406. The fourth-order valence-corrected chi connectivity index (χ4v) is 2.48. The van der Waals surface area contributed by atoms with Gasteiger partial charge in [0.1, 0.15) is 0 Å². The standard InChI is InChI=1S/C8H6N2O2S2/c9-7-6(13)2-1-4-5(10(11)12)3-14-8(4)7/h1-3,13H,9H2. The van der Waals surface area contributed by atoms with E-state index in [1.807, 2.05) is 0 Å². The number of nitrogens with zero attached hydrogens (tertiary/aromatic N) is 1. The Morgan fingerprint density at radius 3 is 2.86 bits per heavy atom. The lowest BCUT2D eigenvalue weighted by Gasteiger charge is -1.98. The zero-order valence-electron chi connectivity index (χ0n) is 6.93. The summed E-state index contributed by atoms with van der Waals surface area (Å²) in [7, 11) is 0. The highest BCUT2D eigenvalue weighted by atomic mass is 32.1. The lowest BCUT2D eigenvalue weighted by Crippen LogP contribution is -1.88. The first-order valence-corrected chi connectivity index (χ1v) is 5.07. The predicted molar refractivity (Wildman–Crippen MR) is 60.1 cm³/mol. The van der Waals surface area contributed by atoms with Gasteiger partial charge in [0, 0.05) is 4.90 Å². The maximum atomic E-state index is 10.6. The smallest absolute Gasteiger partial charge is 0.287 e. The van der Waals surface area contributed by atoms with Gasteiger partial charge >= 0.3 is 0 Å². The van der Waals surface area contributed by atoms with Crippen LogP contribution >= 0.6 is 24.0 Å². The monoisotopic (exact) mass is 226 g/mol. The zero-order chi connectivity index (χ0) is 10.3. The molecule has 0 saturated carbocycles. The summed E-state index contributed by atoms with van der Waals surface area (Å²) in [5.41, 5.74) is 6.35. The maximum Gasteiger partial charge on any atom is 0.287 e. The van der Waals surface area contributed by atoms with Gasteiger partial charge in [0.25, 0.3) is 5.69 Å². The molecule has 0 aliphatic heterocycles. The summed E-state index contributed by atoms with van der Waals surface area (Å²) in [6, 6.07) is 3.34. The van der Waals surface area contributed by atoms with Crippen molar-refractivity contribution in [1.82, 2.24) is 0 Å². The van der Waals surface area contributed by atoms with Crippen LogP contribution in [0.5, 0.6) is 0 Å². The normalized spacial score (nSPS) is 10.6. The van der Waals surface area contributed by atoms with Gasteiger partial charge in [0.05, 0.1) is 26.1 Å². The van der Waals surface area contributed by atoms with Gasteiger partial charge in [-0.25, -0.2) is 0 Å². The molecule has 1 aromatic carbocycles. The largest absolute Gasteiger partial charge is 0.397 e. The molecule has 2 N–H and O–H groups in total. The molecule has 0 saturated heterocycles. The number of anilines is 1. The van der Waals surface area contributed by atoms with Crippen molar-refractivity contribution in [2.45, 2.75) is 4.90 Å². The Morgan fingerprint density at radius 1 is 1.50 bits per heavy atom. The van der Waals surface area contributed by atoms with Gasteiger partial charge in [-0.3, -0.25) is 10.1 Å². The van der Waals surface area contributed by atoms with Crippen molar-refractivity contribution in [1.29, 1.82) is 0 Å². The average Bonchev–Trinajstić information content (AvgIpc) is 2.55. The summed E-state index contributed by atoms with van der Waals surface area (Å²) in [6.07, 6.45) is 0. The molecule has 0 unspecified atom stereocenters. The predicted octanol–water partition coefficient (Wildman–Crippen LogP) is 2.68.